The van der Waals surface area contributed by atoms with E-state index in [0.29, 0.717) is 0 Å². The Bertz CT molecular complexity index is 774. The Hall–Kier alpha value is -2.52. The third-order valence-electron chi connectivity index (χ3n) is 4.76. The van der Waals surface area contributed by atoms with E-state index in [2.05, 4.69) is 85.8 Å². The number of hydrogen-bond donors (Lipinski definition) is 1. The first kappa shape index (κ1) is 18.3. The number of anilines is 1. The van der Waals surface area contributed by atoms with Gasteiger partial charge in [0.15, 0.2) is 0 Å². The van der Waals surface area contributed by atoms with Gasteiger partial charge in [-0.2, -0.15) is 0 Å². The number of aryl methyl sites for hydroxylation is 1. The Kier molecular flexibility index (Phi) is 6.13. The number of nitrogens with one attached hydrogen (secondary N) is 1. The summed E-state index contributed by atoms with van der Waals surface area (Å²) in [6.07, 6.45) is 2.77. The van der Waals surface area contributed by atoms with E-state index in [0.717, 1.165) is 25.3 Å². The Balaban J connectivity index is 1.57. The van der Waals surface area contributed by atoms with Crippen molar-refractivity contribution in [3.8, 4) is 0 Å². The van der Waals surface area contributed by atoms with Crippen LogP contribution in [0.2, 0.25) is 0 Å². The van der Waals surface area contributed by atoms with E-state index in [-0.39, 0.29) is 5.92 Å². The summed E-state index contributed by atoms with van der Waals surface area (Å²) >= 11 is 0. The van der Waals surface area contributed by atoms with Gasteiger partial charge in [-0.25, -0.2) is 0 Å². The summed E-state index contributed by atoms with van der Waals surface area (Å²) in [7, 11) is 4.13. The molecule has 1 N–H and O–H groups in total. The minimum atomic E-state index is 0.286. The maximum Gasteiger partial charge on any atom is 0.111 e. The van der Waals surface area contributed by atoms with Gasteiger partial charge in [-0.05, 0) is 55.3 Å². The molecule has 0 amide bonds. The largest absolute Gasteiger partial charge is 0.469 e. The molecule has 0 radical (unpaired) electrons. The summed E-state index contributed by atoms with van der Waals surface area (Å²) in [4.78, 5) is 2.12. The fourth-order valence-electron chi connectivity index (χ4n) is 3.15. The van der Waals surface area contributed by atoms with Crippen LogP contribution >= 0.6 is 0 Å². The van der Waals surface area contributed by atoms with Gasteiger partial charge in [0.2, 0.25) is 0 Å². The van der Waals surface area contributed by atoms with Crippen molar-refractivity contribution in [3.05, 3.63) is 89.4 Å². The average Bonchev–Trinajstić information content (AvgIpc) is 3.17. The van der Waals surface area contributed by atoms with Crippen molar-refractivity contribution >= 4 is 5.69 Å². The van der Waals surface area contributed by atoms with Crippen LogP contribution in [0.4, 0.5) is 5.69 Å². The van der Waals surface area contributed by atoms with E-state index >= 15 is 0 Å². The molecule has 2 aromatic carbocycles. The van der Waals surface area contributed by atoms with Gasteiger partial charge in [0.25, 0.3) is 0 Å². The molecule has 0 aliphatic heterocycles. The molecule has 3 heteroatoms. The van der Waals surface area contributed by atoms with Crippen molar-refractivity contribution in [2.75, 3.05) is 25.5 Å². The van der Waals surface area contributed by atoms with E-state index in [1.165, 1.54) is 22.4 Å². The minimum Gasteiger partial charge on any atom is -0.469 e. The highest BCUT2D eigenvalue weighted by molar-refractivity contribution is 5.45. The first-order valence-corrected chi connectivity index (χ1v) is 9.20. The number of furan rings is 1. The number of hydrogen-bond acceptors (Lipinski definition) is 3. The lowest BCUT2D eigenvalue weighted by atomic mass is 9.92. The van der Waals surface area contributed by atoms with Crippen molar-refractivity contribution in [1.82, 2.24) is 5.32 Å². The van der Waals surface area contributed by atoms with E-state index in [4.69, 9.17) is 4.42 Å². The van der Waals surface area contributed by atoms with Gasteiger partial charge in [0.05, 0.1) is 6.26 Å². The maximum atomic E-state index is 5.70. The Labute approximate surface area is 156 Å². The molecule has 0 aliphatic rings. The number of benzene rings is 2. The highest BCUT2D eigenvalue weighted by Crippen LogP contribution is 2.28. The molecule has 3 aromatic rings. The molecule has 1 aromatic heterocycles. The van der Waals surface area contributed by atoms with E-state index in [9.17, 15) is 0 Å². The summed E-state index contributed by atoms with van der Waals surface area (Å²) in [5.41, 5.74) is 5.13. The molecule has 136 valence electrons. The van der Waals surface area contributed by atoms with E-state index in [1.54, 1.807) is 6.26 Å². The Morgan fingerprint density at radius 1 is 0.962 bits per heavy atom. The van der Waals surface area contributed by atoms with Crippen molar-refractivity contribution in [2.45, 2.75) is 25.8 Å². The summed E-state index contributed by atoms with van der Waals surface area (Å²) in [5, 5.41) is 3.57. The van der Waals surface area contributed by atoms with Gasteiger partial charge in [-0.3, -0.25) is 0 Å². The van der Waals surface area contributed by atoms with Gasteiger partial charge >= 0.3 is 0 Å². The van der Waals surface area contributed by atoms with E-state index < -0.39 is 0 Å². The molecule has 1 heterocycles. The van der Waals surface area contributed by atoms with Crippen LogP contribution in [0.15, 0.2) is 71.3 Å². The van der Waals surface area contributed by atoms with Crippen LogP contribution < -0.4 is 10.2 Å². The topological polar surface area (TPSA) is 28.4 Å². The Morgan fingerprint density at radius 2 is 1.69 bits per heavy atom. The van der Waals surface area contributed by atoms with Crippen LogP contribution in [-0.2, 0) is 6.54 Å². The molecule has 0 fully saturated rings. The summed E-state index contributed by atoms with van der Waals surface area (Å²) < 4.78 is 5.70. The minimum absolute atomic E-state index is 0.286. The first-order valence-electron chi connectivity index (χ1n) is 9.20. The van der Waals surface area contributed by atoms with Crippen molar-refractivity contribution in [1.29, 1.82) is 0 Å². The number of nitrogens with zero attached hydrogens (tertiary/aromatic N) is 1. The first-order chi connectivity index (χ1) is 12.6. The molecular formula is C23H28N2O. The zero-order chi connectivity index (χ0) is 18.4. The quantitative estimate of drug-likeness (QED) is 0.583. The molecule has 26 heavy (non-hydrogen) atoms. The summed E-state index contributed by atoms with van der Waals surface area (Å²) in [5.74, 6) is 1.32. The van der Waals surface area contributed by atoms with Crippen LogP contribution in [0.1, 0.15) is 34.8 Å². The molecule has 1 atom stereocenters. The SMILES string of the molecule is Cc1ccc(C(CCNCc2ccc(N(C)C)cc2)c2ccco2)cc1. The lowest BCUT2D eigenvalue weighted by Gasteiger charge is -2.16. The fourth-order valence-corrected chi connectivity index (χ4v) is 3.15. The van der Waals surface area contributed by atoms with Crippen molar-refractivity contribution in [2.24, 2.45) is 0 Å². The van der Waals surface area contributed by atoms with E-state index in [1.807, 2.05) is 6.07 Å². The van der Waals surface area contributed by atoms with Gasteiger partial charge < -0.3 is 14.6 Å². The zero-order valence-electron chi connectivity index (χ0n) is 15.9. The lowest BCUT2D eigenvalue weighted by molar-refractivity contribution is 0.466. The number of rotatable bonds is 8. The van der Waals surface area contributed by atoms with Gasteiger partial charge in [-0.15, -0.1) is 0 Å². The van der Waals surface area contributed by atoms with Crippen LogP contribution in [0, 0.1) is 6.92 Å². The van der Waals surface area contributed by atoms with Gasteiger partial charge in [0, 0.05) is 32.2 Å². The molecule has 1 unspecified atom stereocenters. The summed E-state index contributed by atoms with van der Waals surface area (Å²) in [6.45, 7) is 3.94. The smallest absolute Gasteiger partial charge is 0.111 e. The second-order valence-electron chi connectivity index (χ2n) is 7.01. The fraction of sp³-hybridized carbons (Fsp3) is 0.304. The molecule has 3 nitrogen and oxygen atoms in total. The van der Waals surface area contributed by atoms with Crippen LogP contribution in [0.5, 0.6) is 0 Å². The van der Waals surface area contributed by atoms with Gasteiger partial charge in [-0.1, -0.05) is 42.0 Å². The molecule has 0 aliphatic carbocycles. The molecule has 0 saturated heterocycles. The lowest BCUT2D eigenvalue weighted by Crippen LogP contribution is -2.18. The van der Waals surface area contributed by atoms with Crippen LogP contribution in [0.25, 0.3) is 0 Å². The normalized spacial score (nSPS) is 12.1. The predicted octanol–water partition coefficient (Wildman–Crippen LogP) is 4.97. The van der Waals surface area contributed by atoms with Crippen molar-refractivity contribution in [3.63, 3.8) is 0 Å². The van der Waals surface area contributed by atoms with Crippen LogP contribution in [0.3, 0.4) is 0 Å². The average molecular weight is 348 g/mol. The van der Waals surface area contributed by atoms with Crippen molar-refractivity contribution < 1.29 is 4.42 Å². The Morgan fingerprint density at radius 3 is 2.31 bits per heavy atom. The maximum absolute atomic E-state index is 5.70. The monoisotopic (exact) mass is 348 g/mol. The standard InChI is InChI=1S/C23H28N2O/c1-18-6-10-20(11-7-18)22(23-5-4-16-26-23)14-15-24-17-19-8-12-21(13-9-19)25(2)3/h4-13,16,22,24H,14-15,17H2,1-3H3. The van der Waals surface area contributed by atoms with Crippen LogP contribution in [-0.4, -0.2) is 20.6 Å². The zero-order valence-corrected chi connectivity index (χ0v) is 15.9. The molecular weight excluding hydrogens is 320 g/mol. The second-order valence-corrected chi connectivity index (χ2v) is 7.01. The molecule has 0 saturated carbocycles. The molecule has 0 bridgehead atoms. The predicted molar refractivity (Wildman–Crippen MR) is 109 cm³/mol. The highest BCUT2D eigenvalue weighted by Gasteiger charge is 2.16. The van der Waals surface area contributed by atoms with Gasteiger partial charge in [0.1, 0.15) is 5.76 Å². The molecule has 3 rings (SSSR count). The highest BCUT2D eigenvalue weighted by atomic mass is 16.3. The third-order valence-corrected chi connectivity index (χ3v) is 4.76. The summed E-state index contributed by atoms with van der Waals surface area (Å²) in [6, 6.07) is 21.5. The molecule has 0 spiro atoms. The third kappa shape index (κ3) is 4.77. The second kappa shape index (κ2) is 8.72.